The van der Waals surface area contributed by atoms with E-state index in [1.165, 1.54) is 0 Å². The van der Waals surface area contributed by atoms with E-state index in [-0.39, 0.29) is 0 Å². The highest BCUT2D eigenvalue weighted by atomic mass is 32.1. The molecule has 0 saturated heterocycles. The van der Waals surface area contributed by atoms with Crippen LogP contribution in [-0.2, 0) is 6.42 Å². The van der Waals surface area contributed by atoms with Crippen molar-refractivity contribution in [1.29, 1.82) is 0 Å². The van der Waals surface area contributed by atoms with E-state index in [2.05, 4.69) is 11.9 Å². The van der Waals surface area contributed by atoms with Crippen LogP contribution in [0.5, 0.6) is 0 Å². The van der Waals surface area contributed by atoms with Crippen LogP contribution in [0.1, 0.15) is 37.6 Å². The number of aliphatic hydroxyl groups is 1. The summed E-state index contributed by atoms with van der Waals surface area (Å²) in [7, 11) is 0. The van der Waals surface area contributed by atoms with E-state index in [9.17, 15) is 5.11 Å². The topological polar surface area (TPSA) is 33.1 Å². The second-order valence-electron chi connectivity index (χ2n) is 4.51. The SMILES string of the molecule is CC1CCC(O)(Cc2nccs2)CC1. The molecule has 0 atom stereocenters. The number of nitrogens with zero attached hydrogens (tertiary/aromatic N) is 1. The van der Waals surface area contributed by atoms with Crippen LogP contribution in [0.2, 0.25) is 0 Å². The van der Waals surface area contributed by atoms with Gasteiger partial charge in [-0.05, 0) is 31.6 Å². The first-order valence-corrected chi connectivity index (χ1v) is 6.17. The summed E-state index contributed by atoms with van der Waals surface area (Å²) in [6, 6.07) is 0. The highest BCUT2D eigenvalue weighted by Gasteiger charge is 2.32. The maximum atomic E-state index is 10.3. The first-order chi connectivity index (χ1) is 6.68. The van der Waals surface area contributed by atoms with Gasteiger partial charge in [-0.2, -0.15) is 0 Å². The van der Waals surface area contributed by atoms with Gasteiger partial charge in [-0.15, -0.1) is 11.3 Å². The van der Waals surface area contributed by atoms with Gasteiger partial charge < -0.3 is 5.11 Å². The van der Waals surface area contributed by atoms with Crippen molar-refractivity contribution in [3.8, 4) is 0 Å². The average molecular weight is 211 g/mol. The van der Waals surface area contributed by atoms with Crippen molar-refractivity contribution in [3.05, 3.63) is 16.6 Å². The normalized spacial score (nSPS) is 33.1. The summed E-state index contributed by atoms with van der Waals surface area (Å²) in [6.45, 7) is 2.27. The summed E-state index contributed by atoms with van der Waals surface area (Å²) in [5, 5.41) is 13.4. The summed E-state index contributed by atoms with van der Waals surface area (Å²) in [5.41, 5.74) is -0.468. The van der Waals surface area contributed by atoms with Gasteiger partial charge in [0, 0.05) is 18.0 Å². The highest BCUT2D eigenvalue weighted by molar-refractivity contribution is 7.09. The lowest BCUT2D eigenvalue weighted by atomic mass is 9.78. The van der Waals surface area contributed by atoms with Gasteiger partial charge in [0.1, 0.15) is 0 Å². The van der Waals surface area contributed by atoms with Crippen LogP contribution >= 0.6 is 11.3 Å². The number of aromatic nitrogens is 1. The second-order valence-corrected chi connectivity index (χ2v) is 5.49. The number of rotatable bonds is 2. The number of thiazole rings is 1. The molecule has 1 aliphatic carbocycles. The van der Waals surface area contributed by atoms with Gasteiger partial charge in [0.2, 0.25) is 0 Å². The number of hydrogen-bond acceptors (Lipinski definition) is 3. The Morgan fingerprint density at radius 3 is 2.86 bits per heavy atom. The smallest absolute Gasteiger partial charge is 0.0953 e. The lowest BCUT2D eigenvalue weighted by molar-refractivity contribution is -0.00670. The lowest BCUT2D eigenvalue weighted by Gasteiger charge is -2.34. The summed E-state index contributed by atoms with van der Waals surface area (Å²) < 4.78 is 0. The van der Waals surface area contributed by atoms with Crippen LogP contribution < -0.4 is 0 Å². The predicted octanol–water partition coefficient (Wildman–Crippen LogP) is 2.63. The maximum absolute atomic E-state index is 10.3. The van der Waals surface area contributed by atoms with E-state index < -0.39 is 5.60 Å². The van der Waals surface area contributed by atoms with E-state index in [0.29, 0.717) is 0 Å². The van der Waals surface area contributed by atoms with E-state index in [4.69, 9.17) is 0 Å². The molecule has 1 N–H and O–H groups in total. The summed E-state index contributed by atoms with van der Waals surface area (Å²) in [5.74, 6) is 0.784. The van der Waals surface area contributed by atoms with Crippen molar-refractivity contribution in [3.63, 3.8) is 0 Å². The Labute approximate surface area is 89.0 Å². The molecule has 0 radical (unpaired) electrons. The third-order valence-corrected chi connectivity index (χ3v) is 3.95. The molecule has 3 heteroatoms. The molecule has 0 aromatic carbocycles. The first kappa shape index (κ1) is 10.1. The minimum Gasteiger partial charge on any atom is -0.389 e. The lowest BCUT2D eigenvalue weighted by Crippen LogP contribution is -2.35. The molecule has 0 amide bonds. The van der Waals surface area contributed by atoms with Gasteiger partial charge >= 0.3 is 0 Å². The molecule has 1 aromatic rings. The molecule has 1 fully saturated rings. The molecule has 14 heavy (non-hydrogen) atoms. The van der Waals surface area contributed by atoms with Crippen molar-refractivity contribution in [2.24, 2.45) is 5.92 Å². The van der Waals surface area contributed by atoms with Crippen molar-refractivity contribution >= 4 is 11.3 Å². The molecule has 1 aromatic heterocycles. The van der Waals surface area contributed by atoms with Gasteiger partial charge in [-0.25, -0.2) is 4.98 Å². The summed E-state index contributed by atoms with van der Waals surface area (Å²) in [6.07, 6.45) is 6.75. The Morgan fingerprint density at radius 2 is 2.29 bits per heavy atom. The van der Waals surface area contributed by atoms with Crippen LogP contribution in [0.25, 0.3) is 0 Å². The van der Waals surface area contributed by atoms with Crippen molar-refractivity contribution < 1.29 is 5.11 Å². The monoisotopic (exact) mass is 211 g/mol. The fourth-order valence-electron chi connectivity index (χ4n) is 2.10. The van der Waals surface area contributed by atoms with E-state index in [0.717, 1.165) is 43.0 Å². The molecule has 1 aliphatic rings. The zero-order valence-corrected chi connectivity index (χ0v) is 9.39. The van der Waals surface area contributed by atoms with E-state index in [1.54, 1.807) is 11.3 Å². The summed E-state index contributed by atoms with van der Waals surface area (Å²) in [4.78, 5) is 4.23. The van der Waals surface area contributed by atoms with Crippen LogP contribution in [-0.4, -0.2) is 15.7 Å². The van der Waals surface area contributed by atoms with Gasteiger partial charge in [-0.1, -0.05) is 6.92 Å². The zero-order chi connectivity index (χ0) is 10.0. The molecule has 0 spiro atoms. The molecule has 0 unspecified atom stereocenters. The van der Waals surface area contributed by atoms with Crippen LogP contribution in [0.15, 0.2) is 11.6 Å². The molecule has 0 bridgehead atoms. The quantitative estimate of drug-likeness (QED) is 0.815. The highest BCUT2D eigenvalue weighted by Crippen LogP contribution is 2.34. The molecule has 0 aliphatic heterocycles. The maximum Gasteiger partial charge on any atom is 0.0953 e. The minimum atomic E-state index is -0.468. The third kappa shape index (κ3) is 2.34. The van der Waals surface area contributed by atoms with E-state index in [1.807, 2.05) is 11.6 Å². The Hall–Kier alpha value is -0.410. The van der Waals surface area contributed by atoms with Crippen LogP contribution in [0.3, 0.4) is 0 Å². The fourth-order valence-corrected chi connectivity index (χ4v) is 2.85. The molecule has 78 valence electrons. The average Bonchev–Trinajstić information content (AvgIpc) is 2.63. The van der Waals surface area contributed by atoms with Crippen molar-refractivity contribution in [2.75, 3.05) is 0 Å². The second kappa shape index (κ2) is 3.99. The van der Waals surface area contributed by atoms with Crippen molar-refractivity contribution in [2.45, 2.75) is 44.6 Å². The van der Waals surface area contributed by atoms with E-state index >= 15 is 0 Å². The predicted molar refractivity (Wildman–Crippen MR) is 58.4 cm³/mol. The Balaban J connectivity index is 1.96. The summed E-state index contributed by atoms with van der Waals surface area (Å²) >= 11 is 1.64. The molecular formula is C11H17NOS. The largest absolute Gasteiger partial charge is 0.389 e. The molecule has 2 rings (SSSR count). The van der Waals surface area contributed by atoms with Gasteiger partial charge in [-0.3, -0.25) is 0 Å². The first-order valence-electron chi connectivity index (χ1n) is 5.29. The molecular weight excluding hydrogens is 194 g/mol. The van der Waals surface area contributed by atoms with Gasteiger partial charge in [0.15, 0.2) is 0 Å². The number of hydrogen-bond donors (Lipinski definition) is 1. The zero-order valence-electron chi connectivity index (χ0n) is 8.57. The van der Waals surface area contributed by atoms with Gasteiger partial charge in [0.05, 0.1) is 10.6 Å². The molecule has 1 heterocycles. The minimum absolute atomic E-state index is 0.468. The van der Waals surface area contributed by atoms with Gasteiger partial charge in [0.25, 0.3) is 0 Å². The Morgan fingerprint density at radius 1 is 1.57 bits per heavy atom. The Bertz CT molecular complexity index is 275. The van der Waals surface area contributed by atoms with Crippen LogP contribution in [0.4, 0.5) is 0 Å². The van der Waals surface area contributed by atoms with Crippen LogP contribution in [0, 0.1) is 5.92 Å². The molecule has 1 saturated carbocycles. The Kier molecular flexibility index (Phi) is 2.88. The van der Waals surface area contributed by atoms with Crippen molar-refractivity contribution in [1.82, 2.24) is 4.98 Å². The standard InChI is InChI=1S/C11H17NOS/c1-9-2-4-11(13,5-3-9)8-10-12-6-7-14-10/h6-7,9,13H,2-5,8H2,1H3. The fraction of sp³-hybridized carbons (Fsp3) is 0.727. The third-order valence-electron chi connectivity index (χ3n) is 3.17. The molecule has 2 nitrogen and oxygen atoms in total.